The smallest absolute Gasteiger partial charge is 0.227 e. The van der Waals surface area contributed by atoms with Crippen LogP contribution in [-0.4, -0.2) is 52.1 Å². The number of fused-ring (bicyclic) bond motifs is 1. The summed E-state index contributed by atoms with van der Waals surface area (Å²) in [6.45, 7) is 8.03. The topological polar surface area (TPSA) is 85.4 Å². The van der Waals surface area contributed by atoms with Gasteiger partial charge in [0.2, 0.25) is 5.95 Å². The van der Waals surface area contributed by atoms with Crippen molar-refractivity contribution in [3.8, 4) is 6.07 Å². The summed E-state index contributed by atoms with van der Waals surface area (Å²) in [6.07, 6.45) is 1.90. The summed E-state index contributed by atoms with van der Waals surface area (Å²) in [5.74, 6) is 2.39. The molecule has 4 rings (SSSR count). The largest absolute Gasteiger partial charge is 0.370 e. The van der Waals surface area contributed by atoms with Crippen LogP contribution >= 0.6 is 11.3 Å². The number of aryl methyl sites for hydroxylation is 1. The monoisotopic (exact) mass is 368 g/mol. The van der Waals surface area contributed by atoms with Crippen LogP contribution < -0.4 is 15.1 Å². The Bertz CT molecular complexity index is 961. The number of nitriles is 1. The molecule has 0 aromatic carbocycles. The highest BCUT2D eigenvalue weighted by Gasteiger charge is 2.25. The zero-order chi connectivity index (χ0) is 18.1. The number of rotatable bonds is 4. The fraction of sp³-hybridized carbons (Fsp3) is 0.412. The highest BCUT2D eigenvalue weighted by Crippen LogP contribution is 2.25. The fourth-order valence-corrected chi connectivity index (χ4v) is 3.89. The third-order valence-corrected chi connectivity index (χ3v) is 5.17. The van der Waals surface area contributed by atoms with Crippen molar-refractivity contribution in [3.63, 3.8) is 0 Å². The van der Waals surface area contributed by atoms with Crippen molar-refractivity contribution in [2.75, 3.05) is 47.8 Å². The molecular formula is C17H20N8S. The normalized spacial score (nSPS) is 14.7. The number of nitrogens with zero attached hydrogens (tertiary/aromatic N) is 7. The SMILES string of the molecule is CCNc1cc(C)nc(N2CCN(c3nc4sccn4c3C#N)CC2)n1. The zero-order valence-electron chi connectivity index (χ0n) is 14.8. The molecule has 0 unspecified atom stereocenters. The van der Waals surface area contributed by atoms with Gasteiger partial charge < -0.3 is 15.1 Å². The molecule has 3 aromatic heterocycles. The maximum atomic E-state index is 9.53. The zero-order valence-corrected chi connectivity index (χ0v) is 15.6. The Balaban J connectivity index is 1.52. The molecule has 0 amide bonds. The highest BCUT2D eigenvalue weighted by atomic mass is 32.1. The van der Waals surface area contributed by atoms with Crippen LogP contribution in [0.1, 0.15) is 18.3 Å². The summed E-state index contributed by atoms with van der Waals surface area (Å²) in [5.41, 5.74) is 1.56. The summed E-state index contributed by atoms with van der Waals surface area (Å²) in [5, 5.41) is 14.7. The summed E-state index contributed by atoms with van der Waals surface area (Å²) in [7, 11) is 0. The van der Waals surface area contributed by atoms with Gasteiger partial charge in [0.25, 0.3) is 0 Å². The Morgan fingerprint density at radius 1 is 1.19 bits per heavy atom. The Morgan fingerprint density at radius 2 is 1.96 bits per heavy atom. The van der Waals surface area contributed by atoms with Crippen LogP contribution in [0.3, 0.4) is 0 Å². The first-order chi connectivity index (χ1) is 12.7. The maximum absolute atomic E-state index is 9.53. The van der Waals surface area contributed by atoms with Crippen LogP contribution in [0.25, 0.3) is 4.96 Å². The molecule has 26 heavy (non-hydrogen) atoms. The Morgan fingerprint density at radius 3 is 2.69 bits per heavy atom. The first kappa shape index (κ1) is 16.6. The molecular weight excluding hydrogens is 348 g/mol. The van der Waals surface area contributed by atoms with Crippen LogP contribution in [0.5, 0.6) is 0 Å². The van der Waals surface area contributed by atoms with Crippen molar-refractivity contribution in [1.29, 1.82) is 5.26 Å². The quantitative estimate of drug-likeness (QED) is 0.755. The molecule has 0 spiro atoms. The van der Waals surface area contributed by atoms with E-state index in [9.17, 15) is 5.26 Å². The van der Waals surface area contributed by atoms with Gasteiger partial charge in [0, 0.05) is 56.1 Å². The van der Waals surface area contributed by atoms with Crippen molar-refractivity contribution < 1.29 is 0 Å². The van der Waals surface area contributed by atoms with Crippen molar-refractivity contribution >= 4 is 33.9 Å². The van der Waals surface area contributed by atoms with Gasteiger partial charge >= 0.3 is 0 Å². The molecule has 1 fully saturated rings. The Kier molecular flexibility index (Phi) is 4.34. The minimum Gasteiger partial charge on any atom is -0.370 e. The number of hydrogen-bond acceptors (Lipinski definition) is 8. The molecule has 0 aliphatic carbocycles. The predicted molar refractivity (Wildman–Crippen MR) is 103 cm³/mol. The van der Waals surface area contributed by atoms with E-state index in [0.717, 1.165) is 61.0 Å². The van der Waals surface area contributed by atoms with Gasteiger partial charge in [-0.1, -0.05) is 0 Å². The van der Waals surface area contributed by atoms with Gasteiger partial charge in [-0.15, -0.1) is 11.3 Å². The molecule has 1 aliphatic heterocycles. The van der Waals surface area contributed by atoms with Crippen LogP contribution in [0.15, 0.2) is 17.6 Å². The second kappa shape index (κ2) is 6.80. The van der Waals surface area contributed by atoms with Gasteiger partial charge in [-0.2, -0.15) is 15.2 Å². The Hall–Kier alpha value is -2.86. The van der Waals surface area contributed by atoms with Crippen molar-refractivity contribution in [2.45, 2.75) is 13.8 Å². The second-order valence-electron chi connectivity index (χ2n) is 6.15. The lowest BCUT2D eigenvalue weighted by Gasteiger charge is -2.35. The third kappa shape index (κ3) is 2.93. The van der Waals surface area contributed by atoms with E-state index in [1.54, 1.807) is 11.3 Å². The van der Waals surface area contributed by atoms with Gasteiger partial charge in [-0.3, -0.25) is 4.40 Å². The molecule has 9 heteroatoms. The third-order valence-electron chi connectivity index (χ3n) is 4.41. The molecule has 0 radical (unpaired) electrons. The lowest BCUT2D eigenvalue weighted by molar-refractivity contribution is 0.634. The van der Waals surface area contributed by atoms with E-state index in [4.69, 9.17) is 0 Å². The molecule has 0 atom stereocenters. The molecule has 0 bridgehead atoms. The van der Waals surface area contributed by atoms with Gasteiger partial charge in [0.1, 0.15) is 11.9 Å². The summed E-state index contributed by atoms with van der Waals surface area (Å²) < 4.78 is 1.86. The molecule has 1 N–H and O–H groups in total. The van der Waals surface area contributed by atoms with E-state index in [-0.39, 0.29) is 0 Å². The number of piperazine rings is 1. The van der Waals surface area contributed by atoms with Crippen LogP contribution in [0.4, 0.5) is 17.6 Å². The van der Waals surface area contributed by atoms with Crippen molar-refractivity contribution in [2.24, 2.45) is 0 Å². The second-order valence-corrected chi connectivity index (χ2v) is 7.02. The lowest BCUT2D eigenvalue weighted by Crippen LogP contribution is -2.47. The lowest BCUT2D eigenvalue weighted by atomic mass is 10.3. The molecule has 1 saturated heterocycles. The van der Waals surface area contributed by atoms with E-state index in [1.807, 2.05) is 29.0 Å². The molecule has 134 valence electrons. The first-order valence-corrected chi connectivity index (χ1v) is 9.52. The molecule has 8 nitrogen and oxygen atoms in total. The molecule has 0 saturated carbocycles. The van der Waals surface area contributed by atoms with Crippen LogP contribution in [0, 0.1) is 18.3 Å². The average molecular weight is 368 g/mol. The Labute approximate surface area is 155 Å². The number of imidazole rings is 1. The van der Waals surface area contributed by atoms with E-state index in [1.165, 1.54) is 0 Å². The maximum Gasteiger partial charge on any atom is 0.227 e. The van der Waals surface area contributed by atoms with Gasteiger partial charge in [-0.25, -0.2) is 4.98 Å². The highest BCUT2D eigenvalue weighted by molar-refractivity contribution is 7.15. The number of aromatic nitrogens is 4. The number of thiazole rings is 1. The average Bonchev–Trinajstić information content (AvgIpc) is 3.22. The van der Waals surface area contributed by atoms with E-state index >= 15 is 0 Å². The van der Waals surface area contributed by atoms with Gasteiger partial charge in [-0.05, 0) is 13.8 Å². The van der Waals surface area contributed by atoms with E-state index < -0.39 is 0 Å². The van der Waals surface area contributed by atoms with Crippen LogP contribution in [-0.2, 0) is 0 Å². The minimum absolute atomic E-state index is 0.607. The standard InChI is InChI=1S/C17H20N8S/c1-3-19-14-10-12(2)20-16(21-14)24-6-4-23(5-7-24)15-13(11-18)25-8-9-26-17(25)22-15/h8-10H,3-7H2,1-2H3,(H,19,20,21). The summed E-state index contributed by atoms with van der Waals surface area (Å²) >= 11 is 1.54. The first-order valence-electron chi connectivity index (χ1n) is 8.64. The molecule has 4 heterocycles. The number of anilines is 3. The fourth-order valence-electron chi connectivity index (χ4n) is 3.18. The van der Waals surface area contributed by atoms with Gasteiger partial charge in [0.05, 0.1) is 0 Å². The molecule has 1 aliphatic rings. The van der Waals surface area contributed by atoms with Crippen molar-refractivity contribution in [3.05, 3.63) is 29.0 Å². The minimum atomic E-state index is 0.607. The van der Waals surface area contributed by atoms with Gasteiger partial charge in [0.15, 0.2) is 16.5 Å². The van der Waals surface area contributed by atoms with Crippen LogP contribution in [0.2, 0.25) is 0 Å². The predicted octanol–water partition coefficient (Wildman–Crippen LogP) is 2.12. The molecule has 3 aromatic rings. The van der Waals surface area contributed by atoms with E-state index in [2.05, 4.69) is 43.1 Å². The number of nitrogens with one attached hydrogen (secondary N) is 1. The summed E-state index contributed by atoms with van der Waals surface area (Å²) in [6, 6.07) is 4.25. The number of hydrogen-bond donors (Lipinski definition) is 1. The van der Waals surface area contributed by atoms with E-state index in [0.29, 0.717) is 5.69 Å². The van der Waals surface area contributed by atoms with Crippen molar-refractivity contribution in [1.82, 2.24) is 19.4 Å². The summed E-state index contributed by atoms with van der Waals surface area (Å²) in [4.78, 5) is 19.1.